The molecule has 1 aliphatic rings. The molecule has 0 fully saturated rings. The van der Waals surface area contributed by atoms with Crippen LogP contribution in [-0.2, 0) is 0 Å². The van der Waals surface area contributed by atoms with Gasteiger partial charge in [-0.2, -0.15) is 0 Å². The van der Waals surface area contributed by atoms with E-state index < -0.39 is 7.40 Å². The molecule has 0 spiro atoms. The summed E-state index contributed by atoms with van der Waals surface area (Å²) in [5, 5.41) is 0. The molecule has 0 N–H and O–H groups in total. The quantitative estimate of drug-likeness (QED) is 0.199. The minimum Gasteiger partial charge on any atom is -0.332 e. The van der Waals surface area contributed by atoms with Gasteiger partial charge in [0, 0.05) is 22.4 Å². The van der Waals surface area contributed by atoms with E-state index >= 15 is 0 Å². The second-order valence-electron chi connectivity index (χ2n) is 9.13. The van der Waals surface area contributed by atoms with Crippen molar-refractivity contribution >= 4 is 24.9 Å². The van der Waals surface area contributed by atoms with Crippen LogP contribution in [0.1, 0.15) is 39.1 Å². The van der Waals surface area contributed by atoms with Gasteiger partial charge in [0.05, 0.1) is 23.3 Å². The van der Waals surface area contributed by atoms with Gasteiger partial charge >= 0.3 is 7.40 Å². The fraction of sp³-hybridized carbons (Fsp3) is 0.0968. The van der Waals surface area contributed by atoms with Crippen molar-refractivity contribution in [1.29, 1.82) is 0 Å². The lowest BCUT2D eigenvalue weighted by Crippen LogP contribution is -2.15. The minimum absolute atomic E-state index is 0.421. The van der Waals surface area contributed by atoms with Crippen LogP contribution < -0.4 is 0 Å². The lowest BCUT2D eigenvalue weighted by molar-refractivity contribution is 0.628. The van der Waals surface area contributed by atoms with Gasteiger partial charge in [-0.15, -0.1) is 0 Å². The molecule has 1 aliphatic heterocycles. The van der Waals surface area contributed by atoms with Gasteiger partial charge in [-0.25, -0.2) is 4.99 Å². The minimum atomic E-state index is -2.67. The lowest BCUT2D eigenvalue weighted by atomic mass is 9.90. The van der Waals surface area contributed by atoms with Crippen LogP contribution in [0.2, 0.25) is 0 Å². The summed E-state index contributed by atoms with van der Waals surface area (Å²) in [5.41, 5.74) is 9.20. The van der Waals surface area contributed by atoms with Crippen LogP contribution in [0, 0.1) is 20.8 Å². The van der Waals surface area contributed by atoms with Crippen LogP contribution in [0.25, 0.3) is 5.57 Å². The smallest absolute Gasteiger partial charge is 0.332 e. The van der Waals surface area contributed by atoms with Crippen LogP contribution in [-0.4, -0.2) is 23.8 Å². The highest BCUT2D eigenvalue weighted by Gasteiger charge is 2.26. The van der Waals surface area contributed by atoms with Gasteiger partial charge in [-0.05, 0) is 61.9 Å². The zero-order valence-corrected chi connectivity index (χ0v) is 21.0. The highest BCUT2D eigenvalue weighted by Crippen LogP contribution is 2.36. The van der Waals surface area contributed by atoms with Gasteiger partial charge in [0.15, 0.2) is 0 Å². The number of rotatable bonds is 6. The van der Waals surface area contributed by atoms with Crippen molar-refractivity contribution in [1.82, 2.24) is 4.48 Å². The average Bonchev–Trinajstić information content (AvgIpc) is 3.56. The van der Waals surface area contributed by atoms with Gasteiger partial charge < -0.3 is 4.48 Å². The third kappa shape index (κ3) is 5.01. The van der Waals surface area contributed by atoms with E-state index in [1.807, 2.05) is 87.5 Å². The molecule has 3 aromatic carbocycles. The molecule has 0 saturated carbocycles. The van der Waals surface area contributed by atoms with E-state index in [2.05, 4.69) is 12.1 Å². The Labute approximate surface area is 216 Å². The Morgan fingerprint density at radius 1 is 0.811 bits per heavy atom. The zero-order chi connectivity index (χ0) is 25.9. The molecule has 0 aliphatic carbocycles. The Hall–Kier alpha value is -4.32. The molecule has 0 saturated heterocycles. The Morgan fingerprint density at radius 3 is 1.97 bits per heavy atom. The van der Waals surface area contributed by atoms with Crippen LogP contribution in [0.5, 0.6) is 0 Å². The summed E-state index contributed by atoms with van der Waals surface area (Å²) in [5.74, 6) is 0. The Bertz CT molecular complexity index is 1500. The lowest BCUT2D eigenvalue weighted by Gasteiger charge is -2.18. The van der Waals surface area contributed by atoms with E-state index in [9.17, 15) is 8.63 Å². The van der Waals surface area contributed by atoms with Gasteiger partial charge in [-0.1, -0.05) is 78.4 Å². The first-order valence-corrected chi connectivity index (χ1v) is 12.2. The van der Waals surface area contributed by atoms with Gasteiger partial charge in [0.25, 0.3) is 0 Å². The molecule has 37 heavy (non-hydrogen) atoms. The van der Waals surface area contributed by atoms with Gasteiger partial charge in [0.2, 0.25) is 0 Å². The summed E-state index contributed by atoms with van der Waals surface area (Å²) in [6, 6.07) is 27.5. The molecule has 0 atom stereocenters. The topological polar surface area (TPSA) is 29.6 Å². The number of halogens is 2. The predicted octanol–water partition coefficient (Wildman–Crippen LogP) is 7.45. The van der Waals surface area contributed by atoms with Crippen LogP contribution in [0.3, 0.4) is 0 Å². The Morgan fingerprint density at radius 2 is 1.41 bits per heavy atom. The van der Waals surface area contributed by atoms with Crippen molar-refractivity contribution in [2.24, 2.45) is 9.98 Å². The standard InChI is InChI=1S/C31H26BF2N3/c1-21-17-22(2)29(23(3)18-21)30(28-15-10-16-37(28)32(33)34)27-19-26(20-35-27)36-31(24-11-6-4-7-12-24)25-13-8-5-9-14-25/h4-20H,1-3H3/b30-27+. The molecule has 3 nitrogen and oxygen atoms in total. The maximum Gasteiger partial charge on any atom is 0.677 e. The molecule has 182 valence electrons. The van der Waals surface area contributed by atoms with E-state index in [-0.39, 0.29) is 0 Å². The van der Waals surface area contributed by atoms with E-state index in [1.54, 1.807) is 18.3 Å². The molecule has 6 heteroatoms. The molecule has 0 amide bonds. The first kappa shape index (κ1) is 24.4. The maximum atomic E-state index is 14.0. The van der Waals surface area contributed by atoms with Gasteiger partial charge in [0.1, 0.15) is 0 Å². The molecule has 2 heterocycles. The first-order valence-electron chi connectivity index (χ1n) is 12.2. The van der Waals surface area contributed by atoms with Crippen LogP contribution >= 0.6 is 0 Å². The highest BCUT2D eigenvalue weighted by molar-refractivity contribution is 6.41. The second-order valence-corrected chi connectivity index (χ2v) is 9.13. The third-order valence-corrected chi connectivity index (χ3v) is 6.38. The molecule has 4 aromatic rings. The van der Waals surface area contributed by atoms with E-state index in [0.29, 0.717) is 22.7 Å². The monoisotopic (exact) mass is 489 g/mol. The zero-order valence-electron chi connectivity index (χ0n) is 21.0. The number of hydrogen-bond donors (Lipinski definition) is 0. The Balaban J connectivity index is 1.72. The summed E-state index contributed by atoms with van der Waals surface area (Å²) >= 11 is 0. The normalized spacial score (nSPS) is 13.9. The SMILES string of the molecule is Cc1cc(C)c(/C(=C2\C=C(N=C(c3ccccc3)c3ccccc3)C=N2)c2cccn2B(F)F)c(C)c1. The molecule has 5 rings (SSSR count). The van der Waals surface area contributed by atoms with Crippen molar-refractivity contribution in [3.63, 3.8) is 0 Å². The maximum absolute atomic E-state index is 14.0. The van der Waals surface area contributed by atoms with Crippen molar-refractivity contribution in [2.75, 3.05) is 0 Å². The van der Waals surface area contributed by atoms with Crippen molar-refractivity contribution in [3.8, 4) is 0 Å². The van der Waals surface area contributed by atoms with Crippen LogP contribution in [0.4, 0.5) is 8.63 Å². The van der Waals surface area contributed by atoms with Crippen molar-refractivity contribution in [2.45, 2.75) is 20.8 Å². The van der Waals surface area contributed by atoms with Gasteiger partial charge in [-0.3, -0.25) is 13.6 Å². The van der Waals surface area contributed by atoms with E-state index in [1.165, 1.54) is 6.20 Å². The van der Waals surface area contributed by atoms with Crippen molar-refractivity contribution in [3.05, 3.63) is 148 Å². The van der Waals surface area contributed by atoms with E-state index in [0.717, 1.165) is 43.6 Å². The average molecular weight is 489 g/mol. The third-order valence-electron chi connectivity index (χ3n) is 6.38. The number of benzene rings is 3. The predicted molar refractivity (Wildman–Crippen MR) is 150 cm³/mol. The molecule has 0 radical (unpaired) electrons. The van der Waals surface area contributed by atoms with E-state index in [4.69, 9.17) is 9.98 Å². The number of aromatic nitrogens is 1. The summed E-state index contributed by atoms with van der Waals surface area (Å²) in [6.45, 7) is 6.05. The molecule has 1 aromatic heterocycles. The first-order chi connectivity index (χ1) is 17.9. The highest BCUT2D eigenvalue weighted by atomic mass is 19.2. The number of allylic oxidation sites excluding steroid dienone is 2. The van der Waals surface area contributed by atoms with Crippen molar-refractivity contribution < 1.29 is 8.63 Å². The summed E-state index contributed by atoms with van der Waals surface area (Å²) in [7, 11) is -2.67. The molecule has 0 bridgehead atoms. The molecular weight excluding hydrogens is 463 g/mol. The number of aliphatic imine (C=N–C) groups is 2. The number of aryl methyl sites for hydroxylation is 3. The number of hydrogen-bond acceptors (Lipinski definition) is 2. The molecule has 0 unspecified atom stereocenters. The summed E-state index contributed by atoms with van der Waals surface area (Å²) in [4.78, 5) is 9.67. The fourth-order valence-electron chi connectivity index (χ4n) is 4.90. The largest absolute Gasteiger partial charge is 0.677 e. The van der Waals surface area contributed by atoms with Crippen LogP contribution in [0.15, 0.2) is 119 Å². The summed E-state index contributed by atoms with van der Waals surface area (Å²) in [6.07, 6.45) is 4.99. The Kier molecular flexibility index (Phi) is 6.82. The second kappa shape index (κ2) is 10.4. The summed E-state index contributed by atoms with van der Waals surface area (Å²) < 4.78 is 28.9. The fourth-order valence-corrected chi connectivity index (χ4v) is 4.90. The number of nitrogens with zero attached hydrogens (tertiary/aromatic N) is 3. The molecular formula is C31H26BF2N3.